The van der Waals surface area contributed by atoms with Gasteiger partial charge in [-0.2, -0.15) is 18.3 Å². The molecule has 1 amide bonds. The van der Waals surface area contributed by atoms with Crippen molar-refractivity contribution in [1.82, 2.24) is 20.5 Å². The van der Waals surface area contributed by atoms with Gasteiger partial charge in [0.05, 0.1) is 17.4 Å². The van der Waals surface area contributed by atoms with Crippen molar-refractivity contribution in [3.8, 4) is 0 Å². The second kappa shape index (κ2) is 6.19. The topological polar surface area (TPSA) is 83.8 Å². The van der Waals surface area contributed by atoms with Crippen molar-refractivity contribution >= 4 is 5.91 Å². The van der Waals surface area contributed by atoms with E-state index in [-0.39, 0.29) is 17.0 Å². The minimum absolute atomic E-state index is 0.214. The summed E-state index contributed by atoms with van der Waals surface area (Å²) >= 11 is 0. The lowest BCUT2D eigenvalue weighted by atomic mass is 10.0. The number of H-pyrrole nitrogens is 1. The van der Waals surface area contributed by atoms with Crippen LogP contribution in [0.2, 0.25) is 0 Å². The highest BCUT2D eigenvalue weighted by molar-refractivity contribution is 5.94. The number of hydrogen-bond acceptors (Lipinski definition) is 4. The molecule has 1 aromatic carbocycles. The van der Waals surface area contributed by atoms with E-state index in [1.807, 2.05) is 0 Å². The molecule has 3 rings (SSSR count). The Kier molecular flexibility index (Phi) is 4.07. The summed E-state index contributed by atoms with van der Waals surface area (Å²) in [5, 5.41) is 8.86. The zero-order chi connectivity index (χ0) is 17.2. The Labute approximate surface area is 133 Å². The average molecular weight is 336 g/mol. The van der Waals surface area contributed by atoms with Crippen LogP contribution in [-0.2, 0) is 6.18 Å². The highest BCUT2D eigenvalue weighted by atomic mass is 19.4. The summed E-state index contributed by atoms with van der Waals surface area (Å²) < 4.78 is 43.6. The predicted octanol–water partition coefficient (Wildman–Crippen LogP) is 2.94. The molecule has 9 heteroatoms. The Morgan fingerprint density at radius 2 is 2.12 bits per heavy atom. The lowest BCUT2D eigenvalue weighted by Crippen LogP contribution is -2.30. The van der Waals surface area contributed by atoms with Crippen molar-refractivity contribution in [3.05, 3.63) is 71.7 Å². The molecule has 2 aromatic heterocycles. The monoisotopic (exact) mass is 336 g/mol. The van der Waals surface area contributed by atoms with Gasteiger partial charge in [0, 0.05) is 0 Å². The quantitative estimate of drug-likeness (QED) is 0.767. The van der Waals surface area contributed by atoms with Crippen LogP contribution < -0.4 is 5.32 Å². The maximum Gasteiger partial charge on any atom is 0.416 e. The lowest BCUT2D eigenvalue weighted by molar-refractivity contribution is -0.137. The molecule has 2 N–H and O–H groups in total. The van der Waals surface area contributed by atoms with Gasteiger partial charge in [0.15, 0.2) is 5.82 Å². The van der Waals surface area contributed by atoms with Crippen LogP contribution in [0, 0.1) is 0 Å². The molecule has 6 nitrogen and oxygen atoms in total. The summed E-state index contributed by atoms with van der Waals surface area (Å²) in [6.07, 6.45) is -0.724. The molecule has 2 heterocycles. The third-order valence-electron chi connectivity index (χ3n) is 3.31. The first kappa shape index (κ1) is 15.8. The van der Waals surface area contributed by atoms with Crippen LogP contribution in [-0.4, -0.2) is 21.1 Å². The molecule has 0 radical (unpaired) electrons. The third kappa shape index (κ3) is 3.29. The lowest BCUT2D eigenvalue weighted by Gasteiger charge is -2.18. The summed E-state index contributed by atoms with van der Waals surface area (Å²) in [7, 11) is 0. The van der Waals surface area contributed by atoms with E-state index < -0.39 is 23.7 Å². The highest BCUT2D eigenvalue weighted by Gasteiger charge is 2.31. The van der Waals surface area contributed by atoms with E-state index in [0.29, 0.717) is 0 Å². The van der Waals surface area contributed by atoms with Crippen LogP contribution in [0.1, 0.15) is 33.4 Å². The molecule has 124 valence electrons. The molecule has 0 aliphatic carbocycles. The first-order chi connectivity index (χ1) is 11.4. The van der Waals surface area contributed by atoms with Gasteiger partial charge in [-0.05, 0) is 23.8 Å². The SMILES string of the molecule is O=C(NC(c1cccc(C(F)(F)F)c1)c1ncn[nH]1)c1ccoc1. The number of halogens is 3. The zero-order valence-corrected chi connectivity index (χ0v) is 12.0. The fraction of sp³-hybridized carbons (Fsp3) is 0.133. The van der Waals surface area contributed by atoms with E-state index in [0.717, 1.165) is 12.1 Å². The number of hydrogen-bond donors (Lipinski definition) is 2. The molecule has 0 aliphatic heterocycles. The third-order valence-corrected chi connectivity index (χ3v) is 3.31. The van der Waals surface area contributed by atoms with Crippen molar-refractivity contribution in [2.24, 2.45) is 0 Å². The maximum absolute atomic E-state index is 12.9. The molecule has 0 bridgehead atoms. The van der Waals surface area contributed by atoms with Gasteiger partial charge in [-0.3, -0.25) is 9.89 Å². The fourth-order valence-electron chi connectivity index (χ4n) is 2.17. The van der Waals surface area contributed by atoms with Gasteiger partial charge in [0.2, 0.25) is 0 Å². The number of furan rings is 1. The van der Waals surface area contributed by atoms with Crippen LogP contribution in [0.4, 0.5) is 13.2 Å². The predicted molar refractivity (Wildman–Crippen MR) is 75.8 cm³/mol. The zero-order valence-electron chi connectivity index (χ0n) is 12.0. The Morgan fingerprint density at radius 3 is 2.75 bits per heavy atom. The minimum Gasteiger partial charge on any atom is -0.472 e. The number of aromatic nitrogens is 3. The molecular formula is C15H11F3N4O2. The van der Waals surface area contributed by atoms with Gasteiger partial charge in [0.1, 0.15) is 18.6 Å². The number of alkyl halides is 3. The maximum atomic E-state index is 12.9. The Hall–Kier alpha value is -3.10. The van der Waals surface area contributed by atoms with Crippen molar-refractivity contribution in [2.45, 2.75) is 12.2 Å². The van der Waals surface area contributed by atoms with E-state index >= 15 is 0 Å². The van der Waals surface area contributed by atoms with Gasteiger partial charge in [-0.15, -0.1) is 0 Å². The molecular weight excluding hydrogens is 325 g/mol. The van der Waals surface area contributed by atoms with Crippen LogP contribution in [0.15, 0.2) is 53.6 Å². The number of aromatic amines is 1. The largest absolute Gasteiger partial charge is 0.472 e. The van der Waals surface area contributed by atoms with E-state index in [1.54, 1.807) is 0 Å². The molecule has 0 aliphatic rings. The van der Waals surface area contributed by atoms with Crippen LogP contribution in [0.25, 0.3) is 0 Å². The average Bonchev–Trinajstić information content (AvgIpc) is 3.25. The molecule has 1 atom stereocenters. The van der Waals surface area contributed by atoms with Crippen LogP contribution >= 0.6 is 0 Å². The number of nitrogens with zero attached hydrogens (tertiary/aromatic N) is 2. The van der Waals surface area contributed by atoms with Gasteiger partial charge < -0.3 is 9.73 Å². The Morgan fingerprint density at radius 1 is 1.29 bits per heavy atom. The van der Waals surface area contributed by atoms with Crippen molar-refractivity contribution in [3.63, 3.8) is 0 Å². The summed E-state index contributed by atoms with van der Waals surface area (Å²) in [4.78, 5) is 16.1. The molecule has 0 saturated heterocycles. The highest BCUT2D eigenvalue weighted by Crippen LogP contribution is 2.31. The summed E-state index contributed by atoms with van der Waals surface area (Å²) in [5.41, 5.74) is -0.355. The fourth-order valence-corrected chi connectivity index (χ4v) is 2.17. The molecule has 0 fully saturated rings. The molecule has 24 heavy (non-hydrogen) atoms. The van der Waals surface area contributed by atoms with E-state index in [4.69, 9.17) is 4.42 Å². The second-order valence-corrected chi connectivity index (χ2v) is 4.91. The van der Waals surface area contributed by atoms with Crippen LogP contribution in [0.5, 0.6) is 0 Å². The van der Waals surface area contributed by atoms with E-state index in [9.17, 15) is 18.0 Å². The Bertz CT molecular complexity index is 814. The van der Waals surface area contributed by atoms with Crippen molar-refractivity contribution < 1.29 is 22.4 Å². The molecule has 0 saturated carbocycles. The number of carbonyl (C=O) groups excluding carboxylic acids is 1. The molecule has 0 spiro atoms. The molecule has 3 aromatic rings. The Balaban J connectivity index is 1.96. The van der Waals surface area contributed by atoms with Crippen LogP contribution in [0.3, 0.4) is 0 Å². The number of carbonyl (C=O) groups is 1. The van der Waals surface area contributed by atoms with E-state index in [2.05, 4.69) is 20.5 Å². The number of rotatable bonds is 4. The first-order valence-electron chi connectivity index (χ1n) is 6.80. The number of amides is 1. The second-order valence-electron chi connectivity index (χ2n) is 4.91. The normalized spacial score (nSPS) is 12.8. The van der Waals surface area contributed by atoms with Gasteiger partial charge in [-0.25, -0.2) is 4.98 Å². The minimum atomic E-state index is -4.49. The number of nitrogens with one attached hydrogen (secondary N) is 2. The van der Waals surface area contributed by atoms with Gasteiger partial charge in [0.25, 0.3) is 5.91 Å². The first-order valence-corrected chi connectivity index (χ1v) is 6.80. The van der Waals surface area contributed by atoms with Gasteiger partial charge >= 0.3 is 6.18 Å². The van der Waals surface area contributed by atoms with E-state index in [1.165, 1.54) is 37.1 Å². The van der Waals surface area contributed by atoms with Crippen molar-refractivity contribution in [2.75, 3.05) is 0 Å². The van der Waals surface area contributed by atoms with Gasteiger partial charge in [-0.1, -0.05) is 12.1 Å². The summed E-state index contributed by atoms with van der Waals surface area (Å²) in [5.74, 6) is -0.297. The number of benzene rings is 1. The summed E-state index contributed by atoms with van der Waals surface area (Å²) in [6.45, 7) is 0. The summed E-state index contributed by atoms with van der Waals surface area (Å²) in [6, 6.07) is 5.18. The van der Waals surface area contributed by atoms with Crippen molar-refractivity contribution in [1.29, 1.82) is 0 Å². The molecule has 1 unspecified atom stereocenters. The smallest absolute Gasteiger partial charge is 0.416 e. The standard InChI is InChI=1S/C15H11F3N4O2/c16-15(17,18)11-3-1-2-9(6-11)12(13-19-8-20-22-13)21-14(23)10-4-5-24-7-10/h1-8,12H,(H,21,23)(H,19,20,22).